The minimum Gasteiger partial charge on any atom is -0.445 e. The van der Waals surface area contributed by atoms with Gasteiger partial charge in [0.2, 0.25) is 6.04 Å². The number of benzene rings is 1. The third-order valence-corrected chi connectivity index (χ3v) is 1.73. The van der Waals surface area contributed by atoms with Crippen LogP contribution in [0.5, 0.6) is 0 Å². The average Bonchev–Trinajstić information content (AvgIpc) is 2.34. The maximum absolute atomic E-state index is 11.1. The molecule has 1 aromatic carbocycles. The number of nitrogens with one attached hydrogen (secondary N) is 1. The summed E-state index contributed by atoms with van der Waals surface area (Å²) in [5.74, 6) is 0. The molecule has 0 radical (unpaired) electrons. The van der Waals surface area contributed by atoms with E-state index in [9.17, 15) is 4.79 Å². The molecule has 0 atom stereocenters. The van der Waals surface area contributed by atoms with Crippen molar-refractivity contribution in [2.24, 2.45) is 0 Å². The van der Waals surface area contributed by atoms with Gasteiger partial charge in [-0.05, 0) is 5.56 Å². The summed E-state index contributed by atoms with van der Waals surface area (Å²) in [6.07, 6.45) is -0.781. The molecule has 5 nitrogen and oxygen atoms in total. The molecule has 0 bridgehead atoms. The van der Waals surface area contributed by atoms with Gasteiger partial charge in [-0.25, -0.2) is 4.79 Å². The summed E-state index contributed by atoms with van der Waals surface area (Å²) in [4.78, 5) is 11.1. The lowest BCUT2D eigenvalue weighted by atomic mass is 10.2. The Kier molecular flexibility index (Phi) is 4.36. The fourth-order valence-electron chi connectivity index (χ4n) is 0.976. The lowest BCUT2D eigenvalue weighted by Gasteiger charge is -2.06. The highest BCUT2D eigenvalue weighted by Gasteiger charge is 2.10. The second kappa shape index (κ2) is 6.05. The molecule has 1 N–H and O–H groups in total. The molecule has 0 aliphatic rings. The fraction of sp³-hybridized carbons (Fsp3) is 0.182. The SMILES string of the molecule is N#CC(C#N)NC(=O)OCc1ccccc1. The predicted molar refractivity (Wildman–Crippen MR) is 54.8 cm³/mol. The number of rotatable bonds is 3. The molecule has 80 valence electrons. The number of hydrogen-bond donors (Lipinski definition) is 1. The molecule has 0 heterocycles. The monoisotopic (exact) mass is 215 g/mol. The Bertz CT molecular complexity index is 417. The molecule has 1 rings (SSSR count). The van der Waals surface area contributed by atoms with E-state index in [4.69, 9.17) is 15.3 Å². The quantitative estimate of drug-likeness (QED) is 0.824. The average molecular weight is 215 g/mol. The lowest BCUT2D eigenvalue weighted by Crippen LogP contribution is -2.32. The van der Waals surface area contributed by atoms with Crippen LogP contribution in [0.15, 0.2) is 30.3 Å². The molecule has 0 aliphatic carbocycles. The molecule has 5 heteroatoms. The van der Waals surface area contributed by atoms with Crippen molar-refractivity contribution < 1.29 is 9.53 Å². The van der Waals surface area contributed by atoms with E-state index in [1.807, 2.05) is 18.2 Å². The normalized spacial score (nSPS) is 8.94. The summed E-state index contributed by atoms with van der Waals surface area (Å²) in [5, 5.41) is 18.9. The molecule has 1 aromatic rings. The zero-order valence-electron chi connectivity index (χ0n) is 8.38. The highest BCUT2D eigenvalue weighted by atomic mass is 16.5. The van der Waals surface area contributed by atoms with Crippen LogP contribution in [-0.2, 0) is 11.3 Å². The highest BCUT2D eigenvalue weighted by Crippen LogP contribution is 2.00. The Balaban J connectivity index is 2.37. The van der Waals surface area contributed by atoms with Crippen LogP contribution in [0, 0.1) is 22.7 Å². The molecular formula is C11H9N3O2. The van der Waals surface area contributed by atoms with Crippen LogP contribution >= 0.6 is 0 Å². The molecule has 0 saturated carbocycles. The standard InChI is InChI=1S/C11H9N3O2/c12-6-10(7-13)14-11(15)16-8-9-4-2-1-3-5-9/h1-5,10H,8H2,(H,14,15). The van der Waals surface area contributed by atoms with Gasteiger partial charge in [-0.1, -0.05) is 30.3 Å². The van der Waals surface area contributed by atoms with Crippen molar-refractivity contribution in [2.75, 3.05) is 0 Å². The number of nitriles is 2. The first-order valence-corrected chi connectivity index (χ1v) is 4.52. The first-order valence-electron chi connectivity index (χ1n) is 4.52. The second-order valence-corrected chi connectivity index (χ2v) is 2.90. The maximum Gasteiger partial charge on any atom is 0.409 e. The lowest BCUT2D eigenvalue weighted by molar-refractivity contribution is 0.139. The van der Waals surface area contributed by atoms with Crippen molar-refractivity contribution in [1.82, 2.24) is 5.32 Å². The number of hydrogen-bond acceptors (Lipinski definition) is 4. The molecule has 0 spiro atoms. The van der Waals surface area contributed by atoms with Gasteiger partial charge < -0.3 is 4.74 Å². The molecule has 0 fully saturated rings. The zero-order chi connectivity index (χ0) is 11.8. The van der Waals surface area contributed by atoms with E-state index >= 15 is 0 Å². The Labute approximate surface area is 92.9 Å². The molecule has 0 aromatic heterocycles. The summed E-state index contributed by atoms with van der Waals surface area (Å²) in [5.41, 5.74) is 0.836. The van der Waals surface area contributed by atoms with Crippen molar-refractivity contribution in [3.63, 3.8) is 0 Å². The van der Waals surface area contributed by atoms with Gasteiger partial charge in [0, 0.05) is 0 Å². The van der Waals surface area contributed by atoms with Crippen LogP contribution < -0.4 is 5.32 Å². The Morgan fingerprint density at radius 1 is 1.31 bits per heavy atom. The summed E-state index contributed by atoms with van der Waals surface area (Å²) in [6.45, 7) is 0.107. The van der Waals surface area contributed by atoms with Crippen LogP contribution in [0.2, 0.25) is 0 Å². The van der Waals surface area contributed by atoms with E-state index in [0.29, 0.717) is 0 Å². The van der Waals surface area contributed by atoms with Gasteiger partial charge in [0.1, 0.15) is 18.7 Å². The van der Waals surface area contributed by atoms with Crippen molar-refractivity contribution in [1.29, 1.82) is 10.5 Å². The van der Waals surface area contributed by atoms with Crippen molar-refractivity contribution in [2.45, 2.75) is 12.6 Å². The van der Waals surface area contributed by atoms with Crippen LogP contribution in [-0.4, -0.2) is 12.1 Å². The van der Waals surface area contributed by atoms with E-state index < -0.39 is 12.1 Å². The van der Waals surface area contributed by atoms with Gasteiger partial charge in [0.25, 0.3) is 0 Å². The van der Waals surface area contributed by atoms with Crippen molar-refractivity contribution in [3.05, 3.63) is 35.9 Å². The summed E-state index contributed by atoms with van der Waals surface area (Å²) in [7, 11) is 0. The van der Waals surface area contributed by atoms with Crippen molar-refractivity contribution in [3.8, 4) is 12.1 Å². The van der Waals surface area contributed by atoms with Gasteiger partial charge in [0.15, 0.2) is 0 Å². The van der Waals surface area contributed by atoms with Crippen LogP contribution in [0.4, 0.5) is 4.79 Å². The number of carbonyl (C=O) groups is 1. The number of carbonyl (C=O) groups excluding carboxylic acids is 1. The van der Waals surface area contributed by atoms with Gasteiger partial charge in [0.05, 0.1) is 0 Å². The van der Waals surface area contributed by atoms with Crippen LogP contribution in [0.1, 0.15) is 5.56 Å². The molecule has 0 saturated heterocycles. The summed E-state index contributed by atoms with van der Waals surface area (Å²) < 4.78 is 4.81. The van der Waals surface area contributed by atoms with Crippen LogP contribution in [0.3, 0.4) is 0 Å². The molecule has 0 aliphatic heterocycles. The first-order chi connectivity index (χ1) is 7.76. The second-order valence-electron chi connectivity index (χ2n) is 2.90. The highest BCUT2D eigenvalue weighted by molar-refractivity contribution is 5.68. The summed E-state index contributed by atoms with van der Waals surface area (Å²) in [6, 6.07) is 11.1. The third-order valence-electron chi connectivity index (χ3n) is 1.73. The number of ether oxygens (including phenoxy) is 1. The fourth-order valence-corrected chi connectivity index (χ4v) is 0.976. The summed E-state index contributed by atoms with van der Waals surface area (Å²) >= 11 is 0. The van der Waals surface area contributed by atoms with Crippen molar-refractivity contribution >= 4 is 6.09 Å². The number of amides is 1. The van der Waals surface area contributed by atoms with E-state index in [1.54, 1.807) is 24.3 Å². The molecular weight excluding hydrogens is 206 g/mol. The van der Waals surface area contributed by atoms with E-state index in [1.165, 1.54) is 0 Å². The largest absolute Gasteiger partial charge is 0.445 e. The zero-order valence-corrected chi connectivity index (χ0v) is 8.38. The van der Waals surface area contributed by atoms with Crippen LogP contribution in [0.25, 0.3) is 0 Å². The Morgan fingerprint density at radius 3 is 2.50 bits per heavy atom. The van der Waals surface area contributed by atoms with Gasteiger partial charge in [-0.3, -0.25) is 5.32 Å². The van der Waals surface area contributed by atoms with Gasteiger partial charge >= 0.3 is 6.09 Å². The van der Waals surface area contributed by atoms with Gasteiger partial charge in [-0.15, -0.1) is 0 Å². The van der Waals surface area contributed by atoms with E-state index in [0.717, 1.165) is 5.56 Å². The topological polar surface area (TPSA) is 85.9 Å². The van der Waals surface area contributed by atoms with E-state index in [2.05, 4.69) is 5.32 Å². The Morgan fingerprint density at radius 2 is 1.94 bits per heavy atom. The third kappa shape index (κ3) is 3.69. The van der Waals surface area contributed by atoms with E-state index in [-0.39, 0.29) is 6.61 Å². The smallest absolute Gasteiger partial charge is 0.409 e. The molecule has 1 amide bonds. The number of nitrogens with zero attached hydrogens (tertiary/aromatic N) is 2. The minimum absolute atomic E-state index is 0.107. The minimum atomic E-state index is -1.18. The predicted octanol–water partition coefficient (Wildman–Crippen LogP) is 1.33. The first kappa shape index (κ1) is 11.5. The molecule has 16 heavy (non-hydrogen) atoms. The maximum atomic E-state index is 11.1. The molecule has 0 unspecified atom stereocenters. The van der Waals surface area contributed by atoms with Gasteiger partial charge in [-0.2, -0.15) is 10.5 Å². The number of alkyl carbamates (subject to hydrolysis) is 1. The Hall–Kier alpha value is -2.53.